The zero-order valence-corrected chi connectivity index (χ0v) is 12.8. The normalized spacial score (nSPS) is 10.4. The van der Waals surface area contributed by atoms with Crippen molar-refractivity contribution in [1.29, 1.82) is 0 Å². The van der Waals surface area contributed by atoms with Gasteiger partial charge in [-0.15, -0.1) is 0 Å². The molecule has 0 fully saturated rings. The molecule has 0 bridgehead atoms. The quantitative estimate of drug-likeness (QED) is 0.666. The van der Waals surface area contributed by atoms with Crippen molar-refractivity contribution in [2.24, 2.45) is 0 Å². The highest BCUT2D eigenvalue weighted by Gasteiger charge is 2.16. The second kappa shape index (κ2) is 5.95. The Kier molecular flexibility index (Phi) is 4.47. The molecule has 0 atom stereocenters. The summed E-state index contributed by atoms with van der Waals surface area (Å²) >= 11 is 12.5. The second-order valence-corrected chi connectivity index (χ2v) is 5.62. The molecule has 0 aliphatic carbocycles. The predicted octanol–water partition coefficient (Wildman–Crippen LogP) is 4.43. The highest BCUT2D eigenvalue weighted by Crippen LogP contribution is 2.31. The fraction of sp³-hybridized carbons (Fsp3) is 0.167. The maximum absolute atomic E-state index is 13.3. The summed E-state index contributed by atoms with van der Waals surface area (Å²) in [6, 6.07) is 2.77. The number of nitrogens with zero attached hydrogens (tertiary/aromatic N) is 1. The molecule has 0 spiro atoms. The first-order valence-electron chi connectivity index (χ1n) is 5.39. The zero-order chi connectivity index (χ0) is 14.9. The number of aromatic nitrogens is 1. The molecule has 1 N–H and O–H groups in total. The van der Waals surface area contributed by atoms with Gasteiger partial charge in [0.15, 0.2) is 10.9 Å². The number of thiazole rings is 1. The highest BCUT2D eigenvalue weighted by molar-refractivity contribution is 7.17. The van der Waals surface area contributed by atoms with Crippen LogP contribution in [-0.4, -0.2) is 18.1 Å². The Hall–Kier alpha value is -1.37. The van der Waals surface area contributed by atoms with Gasteiger partial charge < -0.3 is 10.1 Å². The third-order valence-electron chi connectivity index (χ3n) is 2.40. The number of ether oxygens (including phenoxy) is 1. The van der Waals surface area contributed by atoms with Crippen LogP contribution in [0.4, 0.5) is 15.2 Å². The number of anilines is 2. The molecule has 1 aromatic heterocycles. The van der Waals surface area contributed by atoms with E-state index in [1.54, 1.807) is 6.92 Å². The lowest BCUT2D eigenvalue weighted by Crippen LogP contribution is -1.99. The van der Waals surface area contributed by atoms with Gasteiger partial charge in [-0.05, 0) is 19.1 Å². The van der Waals surface area contributed by atoms with Crippen molar-refractivity contribution in [2.75, 3.05) is 12.4 Å². The minimum Gasteiger partial charge on any atom is -0.465 e. The topological polar surface area (TPSA) is 51.2 Å². The maximum atomic E-state index is 13.3. The standard InChI is InChI=1S/C12H9Cl2FN2O2S/c1-5-10(11(18)19-2)20-12(16-5)17-6-3-7(13)9(15)8(14)4-6/h3-4H,1-2H3,(H,16,17). The minimum atomic E-state index is -0.676. The average molecular weight is 335 g/mol. The summed E-state index contributed by atoms with van der Waals surface area (Å²) in [4.78, 5) is 16.1. The minimum absolute atomic E-state index is 0.0959. The Morgan fingerprint density at radius 1 is 1.40 bits per heavy atom. The largest absolute Gasteiger partial charge is 0.465 e. The molecule has 4 nitrogen and oxygen atoms in total. The molecule has 0 saturated heterocycles. The SMILES string of the molecule is COC(=O)c1sc(Nc2cc(Cl)c(F)c(Cl)c2)nc1C. The maximum Gasteiger partial charge on any atom is 0.350 e. The van der Waals surface area contributed by atoms with Gasteiger partial charge in [-0.2, -0.15) is 0 Å². The molecule has 0 aliphatic rings. The fourth-order valence-electron chi connectivity index (χ4n) is 1.48. The molecule has 106 valence electrons. The Morgan fingerprint density at radius 3 is 2.55 bits per heavy atom. The number of carbonyl (C=O) groups is 1. The molecular weight excluding hydrogens is 326 g/mol. The lowest BCUT2D eigenvalue weighted by atomic mass is 10.3. The van der Waals surface area contributed by atoms with Crippen molar-refractivity contribution in [3.05, 3.63) is 38.6 Å². The summed E-state index contributed by atoms with van der Waals surface area (Å²) < 4.78 is 18.0. The van der Waals surface area contributed by atoms with Gasteiger partial charge in [0.05, 0.1) is 22.8 Å². The van der Waals surface area contributed by atoms with E-state index in [1.165, 1.54) is 19.2 Å². The van der Waals surface area contributed by atoms with Crippen LogP contribution in [0.1, 0.15) is 15.4 Å². The highest BCUT2D eigenvalue weighted by atomic mass is 35.5. The van der Waals surface area contributed by atoms with E-state index in [4.69, 9.17) is 23.2 Å². The number of rotatable bonds is 3. The van der Waals surface area contributed by atoms with E-state index in [1.807, 2.05) is 0 Å². The molecule has 2 rings (SSSR count). The Bertz CT molecular complexity index is 652. The first-order chi connectivity index (χ1) is 9.42. The molecule has 20 heavy (non-hydrogen) atoms. The van der Waals surface area contributed by atoms with E-state index in [0.29, 0.717) is 21.4 Å². The molecule has 1 aromatic carbocycles. The van der Waals surface area contributed by atoms with Gasteiger partial charge in [0.1, 0.15) is 4.88 Å². The molecule has 0 amide bonds. The van der Waals surface area contributed by atoms with Crippen LogP contribution in [0.15, 0.2) is 12.1 Å². The van der Waals surface area contributed by atoms with Crippen LogP contribution < -0.4 is 5.32 Å². The smallest absolute Gasteiger partial charge is 0.350 e. The van der Waals surface area contributed by atoms with Gasteiger partial charge in [-0.1, -0.05) is 34.5 Å². The number of carbonyl (C=O) groups excluding carboxylic acids is 1. The van der Waals surface area contributed by atoms with Crippen molar-refractivity contribution in [2.45, 2.75) is 6.92 Å². The molecule has 0 radical (unpaired) electrons. The number of aryl methyl sites for hydroxylation is 1. The summed E-state index contributed by atoms with van der Waals surface area (Å²) in [5.41, 5.74) is 1.02. The van der Waals surface area contributed by atoms with Crippen LogP contribution in [-0.2, 0) is 4.74 Å². The van der Waals surface area contributed by atoms with Crippen LogP contribution >= 0.6 is 34.5 Å². The number of nitrogens with one attached hydrogen (secondary N) is 1. The van der Waals surface area contributed by atoms with E-state index in [0.717, 1.165) is 11.3 Å². The molecule has 0 aliphatic heterocycles. The van der Waals surface area contributed by atoms with Crippen molar-refractivity contribution < 1.29 is 13.9 Å². The average Bonchev–Trinajstić information content (AvgIpc) is 2.75. The van der Waals surface area contributed by atoms with E-state index < -0.39 is 11.8 Å². The number of hydrogen-bond donors (Lipinski definition) is 1. The molecule has 2 aromatic rings. The van der Waals surface area contributed by atoms with Crippen LogP contribution in [0.2, 0.25) is 10.0 Å². The molecule has 1 heterocycles. The van der Waals surface area contributed by atoms with Crippen molar-refractivity contribution in [3.63, 3.8) is 0 Å². The number of hydrogen-bond acceptors (Lipinski definition) is 5. The van der Waals surface area contributed by atoms with Crippen molar-refractivity contribution in [1.82, 2.24) is 4.98 Å². The lowest BCUT2D eigenvalue weighted by Gasteiger charge is -2.05. The Morgan fingerprint density at radius 2 is 2.00 bits per heavy atom. The van der Waals surface area contributed by atoms with E-state index in [9.17, 15) is 9.18 Å². The molecular formula is C12H9Cl2FN2O2S. The fourth-order valence-corrected chi connectivity index (χ4v) is 2.88. The van der Waals surface area contributed by atoms with Crippen LogP contribution in [0, 0.1) is 12.7 Å². The van der Waals surface area contributed by atoms with Crippen molar-refractivity contribution in [3.8, 4) is 0 Å². The lowest BCUT2D eigenvalue weighted by molar-refractivity contribution is 0.0605. The molecule has 0 saturated carbocycles. The Labute approximate surface area is 128 Å². The third-order valence-corrected chi connectivity index (χ3v) is 4.01. The van der Waals surface area contributed by atoms with E-state index >= 15 is 0 Å². The number of esters is 1. The first kappa shape index (κ1) is 15.0. The van der Waals surface area contributed by atoms with Gasteiger partial charge >= 0.3 is 5.97 Å². The van der Waals surface area contributed by atoms with E-state index in [2.05, 4.69) is 15.0 Å². The third kappa shape index (κ3) is 3.03. The van der Waals surface area contributed by atoms with Gasteiger partial charge in [-0.3, -0.25) is 0 Å². The molecule has 8 heteroatoms. The van der Waals surface area contributed by atoms with Gasteiger partial charge in [0.2, 0.25) is 0 Å². The summed E-state index contributed by atoms with van der Waals surface area (Å²) in [6.45, 7) is 1.69. The molecule has 0 unspecified atom stereocenters. The van der Waals surface area contributed by atoms with Gasteiger partial charge in [-0.25, -0.2) is 14.2 Å². The van der Waals surface area contributed by atoms with Crippen LogP contribution in [0.5, 0.6) is 0 Å². The summed E-state index contributed by atoms with van der Waals surface area (Å²) in [6.07, 6.45) is 0. The Balaban J connectivity index is 2.29. The van der Waals surface area contributed by atoms with Gasteiger partial charge in [0.25, 0.3) is 0 Å². The summed E-state index contributed by atoms with van der Waals surface area (Å²) in [5.74, 6) is -1.13. The van der Waals surface area contributed by atoms with Gasteiger partial charge in [0, 0.05) is 5.69 Å². The first-order valence-corrected chi connectivity index (χ1v) is 6.97. The van der Waals surface area contributed by atoms with Crippen LogP contribution in [0.3, 0.4) is 0 Å². The number of methoxy groups -OCH3 is 1. The monoisotopic (exact) mass is 334 g/mol. The van der Waals surface area contributed by atoms with E-state index in [-0.39, 0.29) is 10.0 Å². The van der Waals surface area contributed by atoms with Crippen LogP contribution in [0.25, 0.3) is 0 Å². The number of benzene rings is 1. The summed E-state index contributed by atoms with van der Waals surface area (Å²) in [5, 5.41) is 3.19. The second-order valence-electron chi connectivity index (χ2n) is 3.80. The van der Waals surface area contributed by atoms with Crippen molar-refractivity contribution >= 4 is 51.3 Å². The summed E-state index contributed by atoms with van der Waals surface area (Å²) in [7, 11) is 1.30. The predicted molar refractivity (Wildman–Crippen MR) is 77.9 cm³/mol. The zero-order valence-electron chi connectivity index (χ0n) is 10.5. The number of halogens is 3.